The molecule has 0 unspecified atom stereocenters. The van der Waals surface area contributed by atoms with Crippen molar-refractivity contribution in [2.24, 2.45) is 14.1 Å². The van der Waals surface area contributed by atoms with Gasteiger partial charge in [-0.05, 0) is 18.2 Å². The largest absolute Gasteiger partial charge is 0.332 e. The summed E-state index contributed by atoms with van der Waals surface area (Å²) in [5, 5.41) is 13.5. The Morgan fingerprint density at radius 2 is 1.88 bits per heavy atom. The maximum absolute atomic E-state index is 12.4. The van der Waals surface area contributed by atoms with Crippen LogP contribution < -0.4 is 16.6 Å². The zero-order valence-electron chi connectivity index (χ0n) is 13.8. The summed E-state index contributed by atoms with van der Waals surface area (Å²) in [5.41, 5.74) is -0.978. The standard InChI is InChI=1S/C16H13N5O5/c1-19-13-11(15(23)20(2)16(19)24)6-7-12(18-13)14(22)17-9-4-3-5-10(8-9)21(25)26/h3-8H,1-2H3,(H,17,22). The van der Waals surface area contributed by atoms with E-state index >= 15 is 0 Å². The van der Waals surface area contributed by atoms with Crippen LogP contribution in [-0.2, 0) is 14.1 Å². The lowest BCUT2D eigenvalue weighted by Crippen LogP contribution is -2.37. The van der Waals surface area contributed by atoms with E-state index < -0.39 is 22.1 Å². The molecule has 1 amide bonds. The molecule has 3 aromatic rings. The lowest BCUT2D eigenvalue weighted by molar-refractivity contribution is -0.384. The second-order valence-electron chi connectivity index (χ2n) is 5.53. The van der Waals surface area contributed by atoms with Gasteiger partial charge >= 0.3 is 5.69 Å². The number of pyridine rings is 1. The van der Waals surface area contributed by atoms with Gasteiger partial charge in [0.25, 0.3) is 17.2 Å². The molecule has 0 aliphatic rings. The molecule has 0 saturated heterocycles. The summed E-state index contributed by atoms with van der Waals surface area (Å²) >= 11 is 0. The number of benzene rings is 1. The predicted octanol–water partition coefficient (Wildman–Crippen LogP) is 0.793. The third-order valence-corrected chi connectivity index (χ3v) is 3.85. The van der Waals surface area contributed by atoms with Crippen molar-refractivity contribution < 1.29 is 9.72 Å². The Kier molecular flexibility index (Phi) is 4.08. The number of anilines is 1. The number of nitrogens with one attached hydrogen (secondary N) is 1. The van der Waals surface area contributed by atoms with Crippen LogP contribution in [0, 0.1) is 10.1 Å². The number of carbonyl (C=O) groups is 1. The molecule has 132 valence electrons. The van der Waals surface area contributed by atoms with Crippen molar-refractivity contribution in [3.8, 4) is 0 Å². The summed E-state index contributed by atoms with van der Waals surface area (Å²) in [7, 11) is 2.80. The van der Waals surface area contributed by atoms with Crippen LogP contribution in [0.5, 0.6) is 0 Å². The number of nitrogens with zero attached hydrogens (tertiary/aromatic N) is 4. The number of rotatable bonds is 3. The quantitative estimate of drug-likeness (QED) is 0.546. The molecule has 0 aliphatic heterocycles. The molecule has 0 aliphatic carbocycles. The smallest absolute Gasteiger partial charge is 0.320 e. The van der Waals surface area contributed by atoms with E-state index in [0.717, 1.165) is 4.57 Å². The third-order valence-electron chi connectivity index (χ3n) is 3.85. The Balaban J connectivity index is 2.02. The lowest BCUT2D eigenvalue weighted by atomic mass is 10.2. The van der Waals surface area contributed by atoms with E-state index in [2.05, 4.69) is 10.3 Å². The first-order chi connectivity index (χ1) is 12.3. The van der Waals surface area contributed by atoms with Crippen LogP contribution in [0.15, 0.2) is 46.0 Å². The van der Waals surface area contributed by atoms with E-state index in [4.69, 9.17) is 0 Å². The number of nitro groups is 1. The van der Waals surface area contributed by atoms with Crippen LogP contribution in [0.2, 0.25) is 0 Å². The second kappa shape index (κ2) is 6.24. The fourth-order valence-electron chi connectivity index (χ4n) is 2.47. The summed E-state index contributed by atoms with van der Waals surface area (Å²) < 4.78 is 2.12. The molecule has 2 heterocycles. The fraction of sp³-hybridized carbons (Fsp3) is 0.125. The first-order valence-corrected chi connectivity index (χ1v) is 7.42. The van der Waals surface area contributed by atoms with Gasteiger partial charge in [-0.1, -0.05) is 6.07 Å². The first kappa shape index (κ1) is 17.0. The van der Waals surface area contributed by atoms with Gasteiger partial charge in [0, 0.05) is 31.9 Å². The van der Waals surface area contributed by atoms with Gasteiger partial charge in [-0.25, -0.2) is 9.78 Å². The van der Waals surface area contributed by atoms with Crippen molar-refractivity contribution in [1.82, 2.24) is 14.1 Å². The highest BCUT2D eigenvalue weighted by atomic mass is 16.6. The van der Waals surface area contributed by atoms with Gasteiger partial charge in [-0.3, -0.25) is 28.8 Å². The molecule has 10 heteroatoms. The zero-order chi connectivity index (χ0) is 19.0. The van der Waals surface area contributed by atoms with Crippen molar-refractivity contribution in [3.05, 3.63) is 73.0 Å². The summed E-state index contributed by atoms with van der Waals surface area (Å²) in [6.45, 7) is 0. The molecule has 26 heavy (non-hydrogen) atoms. The SMILES string of the molecule is Cn1c(=O)c2ccc(C(=O)Nc3cccc([N+](=O)[O-])c3)nc2n(C)c1=O. The maximum Gasteiger partial charge on any atom is 0.332 e. The molecule has 0 spiro atoms. The summed E-state index contributed by atoms with van der Waals surface area (Å²) in [6, 6.07) is 8.21. The molecular formula is C16H13N5O5. The number of hydrogen-bond donors (Lipinski definition) is 1. The van der Waals surface area contributed by atoms with Gasteiger partial charge in [0.05, 0.1) is 10.3 Å². The van der Waals surface area contributed by atoms with E-state index in [-0.39, 0.29) is 28.1 Å². The Hall–Kier alpha value is -3.82. The van der Waals surface area contributed by atoms with E-state index in [0.29, 0.717) is 0 Å². The number of aryl methyl sites for hydroxylation is 1. The van der Waals surface area contributed by atoms with E-state index in [9.17, 15) is 24.5 Å². The molecule has 1 N–H and O–H groups in total. The van der Waals surface area contributed by atoms with Crippen LogP contribution in [0.4, 0.5) is 11.4 Å². The highest BCUT2D eigenvalue weighted by Crippen LogP contribution is 2.18. The van der Waals surface area contributed by atoms with Crippen LogP contribution in [0.3, 0.4) is 0 Å². The third kappa shape index (κ3) is 2.83. The van der Waals surface area contributed by atoms with Crippen molar-refractivity contribution in [2.45, 2.75) is 0 Å². The molecule has 0 atom stereocenters. The van der Waals surface area contributed by atoms with Crippen molar-refractivity contribution in [2.75, 3.05) is 5.32 Å². The molecule has 0 saturated carbocycles. The number of carbonyl (C=O) groups excluding carboxylic acids is 1. The van der Waals surface area contributed by atoms with Crippen LogP contribution in [-0.4, -0.2) is 24.9 Å². The molecule has 10 nitrogen and oxygen atoms in total. The number of aromatic nitrogens is 3. The highest BCUT2D eigenvalue weighted by Gasteiger charge is 2.15. The van der Waals surface area contributed by atoms with Gasteiger partial charge in [-0.15, -0.1) is 0 Å². The molecular weight excluding hydrogens is 342 g/mol. The topological polar surface area (TPSA) is 129 Å². The number of fused-ring (bicyclic) bond motifs is 1. The van der Waals surface area contributed by atoms with Crippen LogP contribution in [0.1, 0.15) is 10.5 Å². The van der Waals surface area contributed by atoms with Crippen LogP contribution >= 0.6 is 0 Å². The Morgan fingerprint density at radius 1 is 1.15 bits per heavy atom. The normalized spacial score (nSPS) is 10.7. The van der Waals surface area contributed by atoms with Crippen molar-refractivity contribution in [3.63, 3.8) is 0 Å². The number of amides is 1. The minimum Gasteiger partial charge on any atom is -0.320 e. The number of hydrogen-bond acceptors (Lipinski definition) is 6. The summed E-state index contributed by atoms with van der Waals surface area (Å²) in [5.74, 6) is -0.625. The predicted molar refractivity (Wildman–Crippen MR) is 93.3 cm³/mol. The highest BCUT2D eigenvalue weighted by molar-refractivity contribution is 6.04. The molecule has 2 aromatic heterocycles. The maximum atomic E-state index is 12.4. The Morgan fingerprint density at radius 3 is 2.58 bits per heavy atom. The van der Waals surface area contributed by atoms with E-state index in [1.165, 1.54) is 55.1 Å². The zero-order valence-corrected chi connectivity index (χ0v) is 13.8. The van der Waals surface area contributed by atoms with Crippen LogP contribution in [0.25, 0.3) is 11.0 Å². The fourth-order valence-corrected chi connectivity index (χ4v) is 2.47. The molecule has 1 aromatic carbocycles. The number of nitro benzene ring substituents is 1. The van der Waals surface area contributed by atoms with Gasteiger partial charge in [-0.2, -0.15) is 0 Å². The number of non-ortho nitro benzene ring substituents is 1. The van der Waals surface area contributed by atoms with Crippen molar-refractivity contribution in [1.29, 1.82) is 0 Å². The first-order valence-electron chi connectivity index (χ1n) is 7.42. The Bertz CT molecular complexity index is 1180. The van der Waals surface area contributed by atoms with Gasteiger partial charge in [0.2, 0.25) is 0 Å². The minimum absolute atomic E-state index is 0.0349. The summed E-state index contributed by atoms with van der Waals surface area (Å²) in [4.78, 5) is 50.8. The monoisotopic (exact) mass is 355 g/mol. The van der Waals surface area contributed by atoms with Gasteiger partial charge in [0.15, 0.2) is 0 Å². The molecule has 0 fully saturated rings. The summed E-state index contributed by atoms with van der Waals surface area (Å²) in [6.07, 6.45) is 0. The second-order valence-corrected chi connectivity index (χ2v) is 5.53. The molecule has 3 rings (SSSR count). The Labute approximate surface area is 145 Å². The average Bonchev–Trinajstić information content (AvgIpc) is 2.64. The van der Waals surface area contributed by atoms with Gasteiger partial charge < -0.3 is 5.32 Å². The average molecular weight is 355 g/mol. The lowest BCUT2D eigenvalue weighted by Gasteiger charge is -2.09. The minimum atomic E-state index is -0.625. The van der Waals surface area contributed by atoms with E-state index in [1.807, 2.05) is 0 Å². The molecule has 0 bridgehead atoms. The van der Waals surface area contributed by atoms with Crippen molar-refractivity contribution >= 4 is 28.3 Å². The van der Waals surface area contributed by atoms with Gasteiger partial charge in [0.1, 0.15) is 11.3 Å². The van der Waals surface area contributed by atoms with E-state index in [1.54, 1.807) is 0 Å². The molecule has 0 radical (unpaired) electrons.